The van der Waals surface area contributed by atoms with E-state index >= 15 is 0 Å². The van der Waals surface area contributed by atoms with Gasteiger partial charge in [0.25, 0.3) is 0 Å². The van der Waals surface area contributed by atoms with Crippen LogP contribution in [0.25, 0.3) is 0 Å². The number of nitrogens with zero attached hydrogens (tertiary/aromatic N) is 1. The van der Waals surface area contributed by atoms with Crippen molar-refractivity contribution < 1.29 is 5.11 Å². The van der Waals surface area contributed by atoms with Gasteiger partial charge >= 0.3 is 0 Å². The van der Waals surface area contributed by atoms with Gasteiger partial charge < -0.3 is 15.3 Å². The van der Waals surface area contributed by atoms with Crippen LogP contribution >= 0.6 is 0 Å². The van der Waals surface area contributed by atoms with Gasteiger partial charge in [-0.3, -0.25) is 0 Å². The Morgan fingerprint density at radius 2 is 1.93 bits per heavy atom. The summed E-state index contributed by atoms with van der Waals surface area (Å²) in [6, 6.07) is 0. The summed E-state index contributed by atoms with van der Waals surface area (Å²) >= 11 is 0. The number of hydrogen-bond acceptors (Lipinski definition) is 3. The molecule has 0 bridgehead atoms. The van der Waals surface area contributed by atoms with E-state index in [1.165, 1.54) is 25.9 Å². The van der Waals surface area contributed by atoms with Crippen LogP contribution in [0.1, 0.15) is 26.2 Å². The first-order valence-electron chi connectivity index (χ1n) is 6.21. The molecule has 3 nitrogen and oxygen atoms in total. The SMILES string of the molecule is CN1CCC(C2CCNCC2(C)O)CC1. The molecule has 15 heavy (non-hydrogen) atoms. The van der Waals surface area contributed by atoms with Gasteiger partial charge in [0.15, 0.2) is 0 Å². The highest BCUT2D eigenvalue weighted by molar-refractivity contribution is 4.93. The third-order valence-electron chi connectivity index (χ3n) is 4.25. The van der Waals surface area contributed by atoms with E-state index in [2.05, 4.69) is 17.3 Å². The van der Waals surface area contributed by atoms with Crippen LogP contribution in [0, 0.1) is 11.8 Å². The molecular weight excluding hydrogens is 188 g/mol. The van der Waals surface area contributed by atoms with Crippen molar-refractivity contribution in [3.05, 3.63) is 0 Å². The fourth-order valence-corrected chi connectivity index (χ4v) is 3.22. The summed E-state index contributed by atoms with van der Waals surface area (Å²) in [6.07, 6.45) is 3.66. The second-order valence-corrected chi connectivity index (χ2v) is 5.57. The average Bonchev–Trinajstić information content (AvgIpc) is 2.19. The molecule has 3 heteroatoms. The highest BCUT2D eigenvalue weighted by Gasteiger charge is 2.39. The van der Waals surface area contributed by atoms with E-state index in [1.807, 2.05) is 6.92 Å². The van der Waals surface area contributed by atoms with Crippen molar-refractivity contribution in [1.29, 1.82) is 0 Å². The predicted molar refractivity (Wildman–Crippen MR) is 61.8 cm³/mol. The fourth-order valence-electron chi connectivity index (χ4n) is 3.22. The molecule has 2 aliphatic heterocycles. The van der Waals surface area contributed by atoms with Crippen LogP contribution < -0.4 is 5.32 Å². The van der Waals surface area contributed by atoms with Gasteiger partial charge in [-0.05, 0) is 64.7 Å². The zero-order valence-corrected chi connectivity index (χ0v) is 10.00. The van der Waals surface area contributed by atoms with Gasteiger partial charge in [-0.1, -0.05) is 0 Å². The Labute approximate surface area is 92.8 Å². The van der Waals surface area contributed by atoms with E-state index < -0.39 is 5.60 Å². The number of piperidine rings is 2. The molecule has 0 aromatic rings. The van der Waals surface area contributed by atoms with Gasteiger partial charge in [-0.15, -0.1) is 0 Å². The molecule has 0 amide bonds. The topological polar surface area (TPSA) is 35.5 Å². The molecular formula is C12H24N2O. The van der Waals surface area contributed by atoms with Crippen molar-refractivity contribution in [2.45, 2.75) is 31.8 Å². The largest absolute Gasteiger partial charge is 0.389 e. The van der Waals surface area contributed by atoms with Crippen molar-refractivity contribution in [2.24, 2.45) is 11.8 Å². The van der Waals surface area contributed by atoms with Crippen LogP contribution in [0.15, 0.2) is 0 Å². The summed E-state index contributed by atoms with van der Waals surface area (Å²) in [5, 5.41) is 13.7. The Hall–Kier alpha value is -0.120. The molecule has 0 radical (unpaired) electrons. The quantitative estimate of drug-likeness (QED) is 0.671. The maximum atomic E-state index is 10.4. The second kappa shape index (κ2) is 4.40. The number of nitrogens with one attached hydrogen (secondary N) is 1. The first-order chi connectivity index (χ1) is 7.09. The summed E-state index contributed by atoms with van der Waals surface area (Å²) < 4.78 is 0. The van der Waals surface area contributed by atoms with Crippen LogP contribution in [0.4, 0.5) is 0 Å². The van der Waals surface area contributed by atoms with Gasteiger partial charge in [-0.2, -0.15) is 0 Å². The molecule has 0 spiro atoms. The van der Waals surface area contributed by atoms with Crippen LogP contribution in [-0.2, 0) is 0 Å². The number of likely N-dealkylation sites (tertiary alicyclic amines) is 1. The molecule has 0 aromatic carbocycles. The Morgan fingerprint density at radius 3 is 2.53 bits per heavy atom. The van der Waals surface area contributed by atoms with Gasteiger partial charge in [-0.25, -0.2) is 0 Å². The summed E-state index contributed by atoms with van der Waals surface area (Å²) in [5.74, 6) is 1.24. The summed E-state index contributed by atoms with van der Waals surface area (Å²) in [4.78, 5) is 2.40. The van der Waals surface area contributed by atoms with Crippen LogP contribution in [0.2, 0.25) is 0 Å². The van der Waals surface area contributed by atoms with Crippen LogP contribution in [-0.4, -0.2) is 48.8 Å². The predicted octanol–water partition coefficient (Wildman–Crippen LogP) is 0.689. The zero-order valence-electron chi connectivity index (χ0n) is 10.00. The lowest BCUT2D eigenvalue weighted by molar-refractivity contribution is -0.0550. The first-order valence-corrected chi connectivity index (χ1v) is 6.21. The van der Waals surface area contributed by atoms with Crippen molar-refractivity contribution in [3.63, 3.8) is 0 Å². The van der Waals surface area contributed by atoms with Crippen molar-refractivity contribution in [1.82, 2.24) is 10.2 Å². The third-order valence-corrected chi connectivity index (χ3v) is 4.25. The number of aliphatic hydroxyl groups is 1. The highest BCUT2D eigenvalue weighted by atomic mass is 16.3. The minimum atomic E-state index is -0.487. The number of β-amino-alcohol motifs (C(OH)–C–C–N with tert-alkyl or cyclic N) is 1. The maximum Gasteiger partial charge on any atom is 0.0774 e. The average molecular weight is 212 g/mol. The Bertz CT molecular complexity index is 210. The van der Waals surface area contributed by atoms with E-state index in [9.17, 15) is 5.11 Å². The smallest absolute Gasteiger partial charge is 0.0774 e. The van der Waals surface area contributed by atoms with Gasteiger partial charge in [0, 0.05) is 6.54 Å². The summed E-state index contributed by atoms with van der Waals surface area (Å²) in [7, 11) is 2.19. The fraction of sp³-hybridized carbons (Fsp3) is 1.00. The Morgan fingerprint density at radius 1 is 1.27 bits per heavy atom. The van der Waals surface area contributed by atoms with Gasteiger partial charge in [0.2, 0.25) is 0 Å². The highest BCUT2D eigenvalue weighted by Crippen LogP contribution is 2.35. The maximum absolute atomic E-state index is 10.4. The minimum Gasteiger partial charge on any atom is -0.389 e. The molecule has 2 unspecified atom stereocenters. The number of rotatable bonds is 1. The van der Waals surface area contributed by atoms with Crippen molar-refractivity contribution in [3.8, 4) is 0 Å². The third kappa shape index (κ3) is 2.52. The molecule has 0 saturated carbocycles. The molecule has 2 fully saturated rings. The Kier molecular flexibility index (Phi) is 3.33. The lowest BCUT2D eigenvalue weighted by atomic mass is 9.71. The van der Waals surface area contributed by atoms with E-state index in [4.69, 9.17) is 0 Å². The summed E-state index contributed by atoms with van der Waals surface area (Å²) in [6.45, 7) is 6.24. The molecule has 2 aliphatic rings. The van der Waals surface area contributed by atoms with Gasteiger partial charge in [0.1, 0.15) is 0 Å². The zero-order chi connectivity index (χ0) is 10.9. The summed E-state index contributed by atoms with van der Waals surface area (Å²) in [5.41, 5.74) is -0.487. The molecule has 2 heterocycles. The van der Waals surface area contributed by atoms with E-state index in [0.717, 1.165) is 25.4 Å². The minimum absolute atomic E-state index is 0.487. The van der Waals surface area contributed by atoms with E-state index in [-0.39, 0.29) is 0 Å². The molecule has 2 saturated heterocycles. The molecule has 2 N–H and O–H groups in total. The van der Waals surface area contributed by atoms with Crippen molar-refractivity contribution >= 4 is 0 Å². The lowest BCUT2D eigenvalue weighted by Crippen LogP contribution is -2.53. The lowest BCUT2D eigenvalue weighted by Gasteiger charge is -2.44. The van der Waals surface area contributed by atoms with Gasteiger partial charge in [0.05, 0.1) is 5.60 Å². The number of hydrogen-bond donors (Lipinski definition) is 2. The molecule has 0 aromatic heterocycles. The van der Waals surface area contributed by atoms with Crippen LogP contribution in [0.3, 0.4) is 0 Å². The monoisotopic (exact) mass is 212 g/mol. The van der Waals surface area contributed by atoms with E-state index in [0.29, 0.717) is 5.92 Å². The molecule has 2 rings (SSSR count). The molecule has 88 valence electrons. The van der Waals surface area contributed by atoms with Crippen molar-refractivity contribution in [2.75, 3.05) is 33.2 Å². The second-order valence-electron chi connectivity index (χ2n) is 5.57. The molecule has 0 aliphatic carbocycles. The normalized spacial score (nSPS) is 40.6. The first kappa shape index (κ1) is 11.4. The van der Waals surface area contributed by atoms with Crippen LogP contribution in [0.5, 0.6) is 0 Å². The Balaban J connectivity index is 1.96. The standard InChI is InChI=1S/C12H24N2O/c1-12(15)9-13-6-3-11(12)10-4-7-14(2)8-5-10/h10-11,13,15H,3-9H2,1-2H3. The van der Waals surface area contributed by atoms with E-state index in [1.54, 1.807) is 0 Å². The molecule has 2 atom stereocenters.